The first-order valence-electron chi connectivity index (χ1n) is 5.85. The largest absolute Gasteiger partial charge is 0.461 e. The first-order chi connectivity index (χ1) is 8.25. The van der Waals surface area contributed by atoms with Gasteiger partial charge in [-0.3, -0.25) is 0 Å². The lowest BCUT2D eigenvalue weighted by Gasteiger charge is -2.16. The van der Waals surface area contributed by atoms with Crippen molar-refractivity contribution in [2.75, 3.05) is 0 Å². The first kappa shape index (κ1) is 10.8. The molecule has 0 spiro atoms. The maximum absolute atomic E-state index is 6.22. The molecule has 3 rings (SSSR count). The molecule has 0 unspecified atom stereocenters. The molecule has 0 bridgehead atoms. The zero-order valence-electron chi connectivity index (χ0n) is 9.66. The van der Waals surface area contributed by atoms with Gasteiger partial charge in [-0.1, -0.05) is 11.6 Å². The van der Waals surface area contributed by atoms with Gasteiger partial charge in [-0.05, 0) is 44.2 Å². The van der Waals surface area contributed by atoms with Crippen molar-refractivity contribution in [3.05, 3.63) is 34.3 Å². The number of furan rings is 1. The number of rotatable bonds is 1. The Labute approximate surface area is 105 Å². The summed E-state index contributed by atoms with van der Waals surface area (Å²) in [5, 5.41) is 0.584. The van der Waals surface area contributed by atoms with Crippen LogP contribution in [0.1, 0.15) is 29.7 Å². The summed E-state index contributed by atoms with van der Waals surface area (Å²) in [7, 11) is 0. The second-order valence-electron chi connectivity index (χ2n) is 4.40. The quantitative estimate of drug-likeness (QED) is 0.724. The monoisotopic (exact) mass is 248 g/mol. The van der Waals surface area contributed by atoms with Crippen LogP contribution in [0.5, 0.6) is 0 Å². The molecule has 0 fully saturated rings. The van der Waals surface area contributed by atoms with Crippen molar-refractivity contribution in [1.29, 1.82) is 0 Å². The van der Waals surface area contributed by atoms with Crippen molar-refractivity contribution >= 4 is 11.6 Å². The number of hydrogen-bond donors (Lipinski definition) is 0. The van der Waals surface area contributed by atoms with E-state index in [0.29, 0.717) is 11.0 Å². The molecule has 0 atom stereocenters. The van der Waals surface area contributed by atoms with Gasteiger partial charge in [0, 0.05) is 11.3 Å². The maximum atomic E-state index is 6.22. The van der Waals surface area contributed by atoms with Gasteiger partial charge in [0.25, 0.3) is 0 Å². The minimum absolute atomic E-state index is 0.584. The van der Waals surface area contributed by atoms with Gasteiger partial charge in [0.2, 0.25) is 0 Å². The molecular weight excluding hydrogens is 236 g/mol. The zero-order valence-corrected chi connectivity index (χ0v) is 10.4. The zero-order chi connectivity index (χ0) is 11.8. The van der Waals surface area contributed by atoms with Crippen LogP contribution in [0, 0.1) is 6.92 Å². The molecule has 4 heteroatoms. The number of halogens is 1. The summed E-state index contributed by atoms with van der Waals surface area (Å²) in [6, 6.07) is 1.91. The molecule has 17 heavy (non-hydrogen) atoms. The summed E-state index contributed by atoms with van der Waals surface area (Å²) < 4.78 is 5.41. The van der Waals surface area contributed by atoms with E-state index in [1.54, 1.807) is 6.26 Å². The molecular formula is C13H13ClN2O. The van der Waals surface area contributed by atoms with Crippen molar-refractivity contribution in [1.82, 2.24) is 9.97 Å². The van der Waals surface area contributed by atoms with E-state index in [9.17, 15) is 0 Å². The summed E-state index contributed by atoms with van der Waals surface area (Å²) >= 11 is 6.22. The fourth-order valence-corrected chi connectivity index (χ4v) is 2.54. The minimum atomic E-state index is 0.584. The van der Waals surface area contributed by atoms with Crippen molar-refractivity contribution in [3.8, 4) is 11.6 Å². The molecule has 0 N–H and O–H groups in total. The van der Waals surface area contributed by atoms with Gasteiger partial charge in [0.05, 0.1) is 6.26 Å². The highest BCUT2D eigenvalue weighted by atomic mass is 35.5. The number of aromatic nitrogens is 2. The molecule has 0 saturated heterocycles. The van der Waals surface area contributed by atoms with E-state index in [0.717, 1.165) is 35.4 Å². The Morgan fingerprint density at radius 3 is 2.82 bits per heavy atom. The van der Waals surface area contributed by atoms with Crippen molar-refractivity contribution in [2.45, 2.75) is 32.6 Å². The van der Waals surface area contributed by atoms with E-state index in [4.69, 9.17) is 16.0 Å². The minimum Gasteiger partial charge on any atom is -0.461 e. The maximum Gasteiger partial charge on any atom is 0.197 e. The highest BCUT2D eigenvalue weighted by Crippen LogP contribution is 2.29. The smallest absolute Gasteiger partial charge is 0.197 e. The van der Waals surface area contributed by atoms with Gasteiger partial charge >= 0.3 is 0 Å². The Morgan fingerprint density at radius 2 is 2.06 bits per heavy atom. The second kappa shape index (κ2) is 4.15. The van der Waals surface area contributed by atoms with Gasteiger partial charge in [-0.25, -0.2) is 9.97 Å². The Balaban J connectivity index is 2.14. The predicted molar refractivity (Wildman–Crippen MR) is 66.1 cm³/mol. The van der Waals surface area contributed by atoms with Crippen LogP contribution in [0.15, 0.2) is 16.7 Å². The SMILES string of the molecule is Cc1ccoc1-c1nc(Cl)c2c(n1)CCCC2. The van der Waals surface area contributed by atoms with Crippen molar-refractivity contribution in [3.63, 3.8) is 0 Å². The molecule has 1 aliphatic carbocycles. The van der Waals surface area contributed by atoms with E-state index in [1.807, 2.05) is 13.0 Å². The Hall–Kier alpha value is -1.35. The van der Waals surface area contributed by atoms with Crippen LogP contribution in [0.3, 0.4) is 0 Å². The lowest BCUT2D eigenvalue weighted by atomic mass is 9.97. The molecule has 0 saturated carbocycles. The molecule has 0 radical (unpaired) electrons. The van der Waals surface area contributed by atoms with Gasteiger partial charge in [-0.15, -0.1) is 0 Å². The van der Waals surface area contributed by atoms with E-state index in [-0.39, 0.29) is 0 Å². The standard InChI is InChI=1S/C13H13ClN2O/c1-8-6-7-17-11(8)13-15-10-5-3-2-4-9(10)12(14)16-13/h6-7H,2-5H2,1H3. The summed E-state index contributed by atoms with van der Waals surface area (Å²) in [4.78, 5) is 8.94. The molecule has 2 heterocycles. The highest BCUT2D eigenvalue weighted by Gasteiger charge is 2.19. The van der Waals surface area contributed by atoms with Crippen molar-refractivity contribution in [2.24, 2.45) is 0 Å². The molecule has 2 aromatic rings. The number of nitrogens with zero attached hydrogens (tertiary/aromatic N) is 2. The average Bonchev–Trinajstić information content (AvgIpc) is 2.75. The van der Waals surface area contributed by atoms with Crippen LogP contribution in [0.4, 0.5) is 0 Å². The molecule has 2 aromatic heterocycles. The summed E-state index contributed by atoms with van der Waals surface area (Å²) in [5.41, 5.74) is 3.24. The van der Waals surface area contributed by atoms with E-state index in [1.165, 1.54) is 12.8 Å². The van der Waals surface area contributed by atoms with Crippen LogP contribution in [-0.2, 0) is 12.8 Å². The molecule has 88 valence electrons. The highest BCUT2D eigenvalue weighted by molar-refractivity contribution is 6.30. The topological polar surface area (TPSA) is 38.9 Å². The first-order valence-corrected chi connectivity index (χ1v) is 6.23. The molecule has 0 aromatic carbocycles. The fraction of sp³-hybridized carbons (Fsp3) is 0.385. The number of hydrogen-bond acceptors (Lipinski definition) is 3. The molecule has 3 nitrogen and oxygen atoms in total. The van der Waals surface area contributed by atoms with Crippen LogP contribution in [0.25, 0.3) is 11.6 Å². The summed E-state index contributed by atoms with van der Waals surface area (Å²) in [6.07, 6.45) is 5.99. The van der Waals surface area contributed by atoms with Crippen LogP contribution >= 0.6 is 11.6 Å². The van der Waals surface area contributed by atoms with Crippen LogP contribution in [0.2, 0.25) is 5.15 Å². The van der Waals surface area contributed by atoms with Gasteiger partial charge in [0.15, 0.2) is 11.6 Å². The van der Waals surface area contributed by atoms with E-state index >= 15 is 0 Å². The lowest BCUT2D eigenvalue weighted by Crippen LogP contribution is -2.08. The lowest BCUT2D eigenvalue weighted by molar-refractivity contribution is 0.573. The Kier molecular flexibility index (Phi) is 2.63. The predicted octanol–water partition coefficient (Wildman–Crippen LogP) is 3.58. The third kappa shape index (κ3) is 1.84. The van der Waals surface area contributed by atoms with Gasteiger partial charge < -0.3 is 4.42 Å². The third-order valence-corrected chi connectivity index (χ3v) is 3.51. The third-order valence-electron chi connectivity index (χ3n) is 3.20. The normalized spacial score (nSPS) is 14.7. The average molecular weight is 249 g/mol. The van der Waals surface area contributed by atoms with Gasteiger partial charge in [0.1, 0.15) is 5.15 Å². The summed E-state index contributed by atoms with van der Waals surface area (Å²) in [5.74, 6) is 1.33. The van der Waals surface area contributed by atoms with Crippen molar-refractivity contribution < 1.29 is 4.42 Å². The molecule has 1 aliphatic rings. The Bertz CT molecular complexity index is 563. The number of fused-ring (bicyclic) bond motifs is 1. The summed E-state index contributed by atoms with van der Waals surface area (Å²) in [6.45, 7) is 1.98. The fourth-order valence-electron chi connectivity index (χ4n) is 2.25. The van der Waals surface area contributed by atoms with E-state index in [2.05, 4.69) is 9.97 Å². The number of aryl methyl sites for hydroxylation is 2. The molecule has 0 aliphatic heterocycles. The Morgan fingerprint density at radius 1 is 1.24 bits per heavy atom. The second-order valence-corrected chi connectivity index (χ2v) is 4.76. The molecule has 0 amide bonds. The van der Waals surface area contributed by atoms with E-state index < -0.39 is 0 Å². The van der Waals surface area contributed by atoms with Crippen LogP contribution < -0.4 is 0 Å². The van der Waals surface area contributed by atoms with Crippen LogP contribution in [-0.4, -0.2) is 9.97 Å². The van der Waals surface area contributed by atoms with Gasteiger partial charge in [-0.2, -0.15) is 0 Å².